The molecule has 0 fully saturated rings. The molecular formula is C23H20Cl3N3O2S. The van der Waals surface area contributed by atoms with Gasteiger partial charge in [0.15, 0.2) is 0 Å². The second-order valence-corrected chi connectivity index (χ2v) is 10.5. The molecule has 0 bridgehead atoms. The van der Waals surface area contributed by atoms with Crippen molar-refractivity contribution < 1.29 is 8.42 Å². The Morgan fingerprint density at radius 3 is 2.34 bits per heavy atom. The van der Waals surface area contributed by atoms with Crippen LogP contribution in [0.2, 0.25) is 15.1 Å². The van der Waals surface area contributed by atoms with E-state index in [1.165, 1.54) is 0 Å². The Hall–Kier alpha value is -2.09. The highest BCUT2D eigenvalue weighted by Gasteiger charge is 2.31. The Kier molecular flexibility index (Phi) is 7.08. The average molecular weight is 509 g/mol. The van der Waals surface area contributed by atoms with Crippen LogP contribution in [0, 0.1) is 0 Å². The molecule has 2 atom stereocenters. The molecule has 5 nitrogen and oxygen atoms in total. The van der Waals surface area contributed by atoms with Gasteiger partial charge in [0.2, 0.25) is 10.0 Å². The van der Waals surface area contributed by atoms with Crippen LogP contribution in [0.15, 0.2) is 77.9 Å². The van der Waals surface area contributed by atoms with Crippen molar-refractivity contribution in [3.05, 3.63) is 105 Å². The van der Waals surface area contributed by atoms with Crippen molar-refractivity contribution in [1.82, 2.24) is 10.1 Å². The van der Waals surface area contributed by atoms with Crippen molar-refractivity contribution in [2.45, 2.75) is 24.3 Å². The van der Waals surface area contributed by atoms with E-state index in [2.05, 4.69) is 15.2 Å². The highest BCUT2D eigenvalue weighted by Crippen LogP contribution is 2.33. The van der Waals surface area contributed by atoms with Gasteiger partial charge in [-0.15, -0.1) is 0 Å². The van der Waals surface area contributed by atoms with E-state index in [1.54, 1.807) is 42.5 Å². The van der Waals surface area contributed by atoms with Crippen molar-refractivity contribution >= 4 is 50.5 Å². The first-order chi connectivity index (χ1) is 15.3. The fourth-order valence-corrected chi connectivity index (χ4v) is 5.57. The van der Waals surface area contributed by atoms with Gasteiger partial charge < -0.3 is 5.43 Å². The van der Waals surface area contributed by atoms with Crippen LogP contribution in [-0.2, 0) is 15.8 Å². The Balaban J connectivity index is 1.62. The minimum absolute atomic E-state index is 0.102. The van der Waals surface area contributed by atoms with Crippen LogP contribution < -0.4 is 10.1 Å². The SMILES string of the molecule is O=S(=O)(Cc1ccccc1)NC(C1=NNC(c2ccc(Cl)cc2)C1)c1ccc(Cl)cc1Cl. The lowest BCUT2D eigenvalue weighted by molar-refractivity contribution is 0.575. The Morgan fingerprint density at radius 1 is 0.969 bits per heavy atom. The third-order valence-electron chi connectivity index (χ3n) is 5.15. The predicted octanol–water partition coefficient (Wildman–Crippen LogP) is 5.90. The standard InChI is InChI=1S/C23H20Cl3N3O2S/c24-17-8-6-16(7-9-17)21-13-22(28-27-21)23(19-11-10-18(25)12-20(19)26)29-32(30,31)14-15-4-2-1-3-5-15/h1-12,21,23,27,29H,13-14H2. The van der Waals surface area contributed by atoms with Gasteiger partial charge in [-0.05, 0) is 41.0 Å². The molecule has 0 aromatic heterocycles. The number of rotatable bonds is 7. The molecule has 0 aliphatic carbocycles. The Bertz CT molecular complexity index is 1230. The molecule has 0 saturated heterocycles. The number of nitrogens with zero attached hydrogens (tertiary/aromatic N) is 1. The van der Waals surface area contributed by atoms with Gasteiger partial charge in [0.05, 0.1) is 23.5 Å². The van der Waals surface area contributed by atoms with Gasteiger partial charge in [0, 0.05) is 21.5 Å². The van der Waals surface area contributed by atoms with Crippen molar-refractivity contribution in [2.75, 3.05) is 0 Å². The third-order valence-corrected chi connectivity index (χ3v) is 7.28. The largest absolute Gasteiger partial charge is 0.302 e. The van der Waals surface area contributed by atoms with E-state index >= 15 is 0 Å². The van der Waals surface area contributed by atoms with Gasteiger partial charge in [-0.1, -0.05) is 83.3 Å². The quantitative estimate of drug-likeness (QED) is 0.417. The van der Waals surface area contributed by atoms with Gasteiger partial charge in [-0.2, -0.15) is 5.10 Å². The molecule has 0 radical (unpaired) electrons. The molecule has 3 aromatic carbocycles. The predicted molar refractivity (Wildman–Crippen MR) is 131 cm³/mol. The minimum Gasteiger partial charge on any atom is -0.302 e. The Labute approximate surface area is 202 Å². The highest BCUT2D eigenvalue weighted by atomic mass is 35.5. The molecule has 2 N–H and O–H groups in total. The average Bonchev–Trinajstić information content (AvgIpc) is 3.23. The molecule has 9 heteroatoms. The summed E-state index contributed by atoms with van der Waals surface area (Å²) in [6.07, 6.45) is 0.499. The van der Waals surface area contributed by atoms with E-state index < -0.39 is 16.1 Å². The van der Waals surface area contributed by atoms with Crippen LogP contribution >= 0.6 is 34.8 Å². The molecule has 32 heavy (non-hydrogen) atoms. The lowest BCUT2D eigenvalue weighted by Crippen LogP contribution is -2.34. The molecule has 3 aromatic rings. The van der Waals surface area contributed by atoms with Crippen molar-refractivity contribution in [2.24, 2.45) is 5.10 Å². The lowest BCUT2D eigenvalue weighted by atomic mass is 9.96. The molecule has 1 aliphatic rings. The normalized spacial score (nSPS) is 17.0. The molecule has 0 saturated carbocycles. The first-order valence-corrected chi connectivity index (χ1v) is 12.7. The van der Waals surface area contributed by atoms with E-state index in [-0.39, 0.29) is 11.8 Å². The lowest BCUT2D eigenvalue weighted by Gasteiger charge is -2.21. The maximum atomic E-state index is 13.0. The summed E-state index contributed by atoms with van der Waals surface area (Å²) >= 11 is 18.5. The van der Waals surface area contributed by atoms with Crippen molar-refractivity contribution in [3.8, 4) is 0 Å². The first-order valence-electron chi connectivity index (χ1n) is 9.87. The summed E-state index contributed by atoms with van der Waals surface area (Å²) in [6.45, 7) is 0. The first kappa shape index (κ1) is 23.1. The van der Waals surface area contributed by atoms with Crippen molar-refractivity contribution in [1.29, 1.82) is 0 Å². The number of nitrogens with one attached hydrogen (secondary N) is 2. The maximum Gasteiger partial charge on any atom is 0.216 e. The number of hydrogen-bond acceptors (Lipinski definition) is 4. The van der Waals surface area contributed by atoms with Gasteiger partial charge in [-0.3, -0.25) is 0 Å². The molecule has 0 amide bonds. The number of halogens is 3. The smallest absolute Gasteiger partial charge is 0.216 e. The summed E-state index contributed by atoms with van der Waals surface area (Å²) < 4.78 is 28.9. The summed E-state index contributed by atoms with van der Waals surface area (Å²) in [6, 6.07) is 20.6. The summed E-state index contributed by atoms with van der Waals surface area (Å²) in [7, 11) is -3.70. The highest BCUT2D eigenvalue weighted by molar-refractivity contribution is 7.88. The number of hydrazone groups is 1. The number of sulfonamides is 1. The summed E-state index contributed by atoms with van der Waals surface area (Å²) in [5, 5.41) is 5.94. The second kappa shape index (κ2) is 9.81. The molecule has 4 rings (SSSR count). The van der Waals surface area contributed by atoms with Gasteiger partial charge in [0.1, 0.15) is 0 Å². The van der Waals surface area contributed by atoms with E-state index in [4.69, 9.17) is 34.8 Å². The van der Waals surface area contributed by atoms with E-state index in [0.29, 0.717) is 38.3 Å². The maximum absolute atomic E-state index is 13.0. The van der Waals surface area contributed by atoms with Crippen LogP contribution in [-0.4, -0.2) is 14.1 Å². The molecule has 1 heterocycles. The summed E-state index contributed by atoms with van der Waals surface area (Å²) in [4.78, 5) is 0. The zero-order valence-electron chi connectivity index (χ0n) is 16.8. The monoisotopic (exact) mass is 507 g/mol. The zero-order valence-corrected chi connectivity index (χ0v) is 19.9. The van der Waals surface area contributed by atoms with E-state index in [9.17, 15) is 8.42 Å². The van der Waals surface area contributed by atoms with Crippen LogP contribution in [0.3, 0.4) is 0 Å². The number of hydrogen-bond donors (Lipinski definition) is 2. The number of benzene rings is 3. The molecule has 2 unspecified atom stereocenters. The zero-order chi connectivity index (χ0) is 22.7. The van der Waals surface area contributed by atoms with Gasteiger partial charge in [-0.25, -0.2) is 13.1 Å². The molecular weight excluding hydrogens is 489 g/mol. The summed E-state index contributed by atoms with van der Waals surface area (Å²) in [5.74, 6) is -0.156. The fourth-order valence-electron chi connectivity index (χ4n) is 3.59. The van der Waals surface area contributed by atoms with Crippen molar-refractivity contribution in [3.63, 3.8) is 0 Å². The molecule has 1 aliphatic heterocycles. The van der Waals surface area contributed by atoms with E-state index in [1.807, 2.05) is 30.3 Å². The topological polar surface area (TPSA) is 70.6 Å². The second-order valence-electron chi connectivity index (χ2n) is 7.50. The van der Waals surface area contributed by atoms with Crippen LogP contribution in [0.5, 0.6) is 0 Å². The fraction of sp³-hybridized carbons (Fsp3) is 0.174. The third kappa shape index (κ3) is 5.63. The van der Waals surface area contributed by atoms with Gasteiger partial charge >= 0.3 is 0 Å². The van der Waals surface area contributed by atoms with Crippen LogP contribution in [0.1, 0.15) is 35.2 Å². The molecule has 166 valence electrons. The van der Waals surface area contributed by atoms with Gasteiger partial charge in [0.25, 0.3) is 0 Å². The van der Waals surface area contributed by atoms with Crippen LogP contribution in [0.4, 0.5) is 0 Å². The van der Waals surface area contributed by atoms with E-state index in [0.717, 1.165) is 5.56 Å². The Morgan fingerprint density at radius 2 is 1.66 bits per heavy atom. The minimum atomic E-state index is -3.70. The molecule has 0 spiro atoms. The van der Waals surface area contributed by atoms with Crippen LogP contribution in [0.25, 0.3) is 0 Å². The summed E-state index contributed by atoms with van der Waals surface area (Å²) in [5.41, 5.74) is 6.01.